The quantitative estimate of drug-likeness (QED) is 0.811. The van der Waals surface area contributed by atoms with Crippen LogP contribution in [-0.4, -0.2) is 36.5 Å². The summed E-state index contributed by atoms with van der Waals surface area (Å²) < 4.78 is 0. The van der Waals surface area contributed by atoms with Crippen LogP contribution in [0.3, 0.4) is 0 Å². The van der Waals surface area contributed by atoms with E-state index in [0.717, 1.165) is 12.1 Å². The van der Waals surface area contributed by atoms with E-state index in [1.54, 1.807) is 0 Å². The van der Waals surface area contributed by atoms with Crippen molar-refractivity contribution in [2.45, 2.75) is 25.8 Å². The van der Waals surface area contributed by atoms with Crippen LogP contribution in [0.1, 0.15) is 28.8 Å². The van der Waals surface area contributed by atoms with E-state index in [0.29, 0.717) is 12.6 Å². The SMILES string of the molecule is Cc1ccc(C(=O)NCCNC2CCSCC2)cc1. The molecule has 0 aromatic heterocycles. The van der Waals surface area contributed by atoms with E-state index in [1.165, 1.54) is 29.9 Å². The first-order chi connectivity index (χ1) is 9.25. The average molecular weight is 278 g/mol. The number of carbonyl (C=O) groups excluding carboxylic acids is 1. The normalized spacial score (nSPS) is 16.3. The Balaban J connectivity index is 1.64. The van der Waals surface area contributed by atoms with Gasteiger partial charge in [0.25, 0.3) is 5.91 Å². The van der Waals surface area contributed by atoms with Crippen LogP contribution in [0.5, 0.6) is 0 Å². The number of benzene rings is 1. The summed E-state index contributed by atoms with van der Waals surface area (Å²) in [5, 5.41) is 6.46. The smallest absolute Gasteiger partial charge is 0.251 e. The minimum Gasteiger partial charge on any atom is -0.351 e. The number of amides is 1. The van der Waals surface area contributed by atoms with Gasteiger partial charge in [0.2, 0.25) is 0 Å². The summed E-state index contributed by atoms with van der Waals surface area (Å²) in [5.41, 5.74) is 1.91. The molecule has 1 aromatic rings. The van der Waals surface area contributed by atoms with Gasteiger partial charge in [-0.05, 0) is 43.4 Å². The molecular weight excluding hydrogens is 256 g/mol. The second-order valence-corrected chi connectivity index (χ2v) is 6.19. The zero-order chi connectivity index (χ0) is 13.5. The van der Waals surface area contributed by atoms with Crippen molar-refractivity contribution < 1.29 is 4.79 Å². The second-order valence-electron chi connectivity index (χ2n) is 4.96. The Kier molecular flexibility index (Phi) is 5.73. The van der Waals surface area contributed by atoms with E-state index >= 15 is 0 Å². The van der Waals surface area contributed by atoms with Gasteiger partial charge in [-0.25, -0.2) is 0 Å². The Labute approximate surface area is 119 Å². The minimum atomic E-state index is 0.0148. The minimum absolute atomic E-state index is 0.0148. The number of rotatable bonds is 5. The van der Waals surface area contributed by atoms with Crippen LogP contribution < -0.4 is 10.6 Å². The predicted molar refractivity (Wildman–Crippen MR) is 81.9 cm³/mol. The molecule has 19 heavy (non-hydrogen) atoms. The van der Waals surface area contributed by atoms with Crippen molar-refractivity contribution in [2.75, 3.05) is 24.6 Å². The lowest BCUT2D eigenvalue weighted by Crippen LogP contribution is -2.38. The Morgan fingerprint density at radius 2 is 1.89 bits per heavy atom. The summed E-state index contributed by atoms with van der Waals surface area (Å²) in [6.45, 7) is 3.57. The molecule has 3 nitrogen and oxygen atoms in total. The summed E-state index contributed by atoms with van der Waals surface area (Å²) in [5.74, 6) is 2.53. The molecule has 0 saturated carbocycles. The lowest BCUT2D eigenvalue weighted by Gasteiger charge is -2.22. The third-order valence-electron chi connectivity index (χ3n) is 3.38. The number of carbonyl (C=O) groups is 1. The maximum absolute atomic E-state index is 11.9. The Morgan fingerprint density at radius 3 is 2.58 bits per heavy atom. The molecule has 1 saturated heterocycles. The molecule has 1 amide bonds. The van der Waals surface area contributed by atoms with Gasteiger partial charge in [-0.1, -0.05) is 17.7 Å². The molecule has 1 fully saturated rings. The topological polar surface area (TPSA) is 41.1 Å². The van der Waals surface area contributed by atoms with E-state index in [2.05, 4.69) is 10.6 Å². The van der Waals surface area contributed by atoms with Gasteiger partial charge in [0.1, 0.15) is 0 Å². The molecule has 0 aliphatic carbocycles. The molecule has 104 valence electrons. The predicted octanol–water partition coefficient (Wildman–Crippen LogP) is 2.21. The van der Waals surface area contributed by atoms with E-state index in [4.69, 9.17) is 0 Å². The summed E-state index contributed by atoms with van der Waals surface area (Å²) in [4.78, 5) is 11.9. The molecule has 2 N–H and O–H groups in total. The number of thioether (sulfide) groups is 1. The average Bonchev–Trinajstić information content (AvgIpc) is 2.45. The van der Waals surface area contributed by atoms with Crippen molar-refractivity contribution in [1.82, 2.24) is 10.6 Å². The molecule has 0 radical (unpaired) electrons. The first kappa shape index (κ1) is 14.4. The highest BCUT2D eigenvalue weighted by molar-refractivity contribution is 7.99. The van der Waals surface area contributed by atoms with Crippen molar-refractivity contribution >= 4 is 17.7 Å². The molecule has 0 atom stereocenters. The highest BCUT2D eigenvalue weighted by Gasteiger charge is 2.12. The monoisotopic (exact) mass is 278 g/mol. The highest BCUT2D eigenvalue weighted by Crippen LogP contribution is 2.16. The van der Waals surface area contributed by atoms with Crippen LogP contribution in [0.15, 0.2) is 24.3 Å². The third kappa shape index (κ3) is 4.88. The fraction of sp³-hybridized carbons (Fsp3) is 0.533. The van der Waals surface area contributed by atoms with Crippen LogP contribution in [0, 0.1) is 6.92 Å². The molecule has 1 aromatic carbocycles. The Morgan fingerprint density at radius 1 is 1.21 bits per heavy atom. The van der Waals surface area contributed by atoms with Crippen LogP contribution in [-0.2, 0) is 0 Å². The van der Waals surface area contributed by atoms with Gasteiger partial charge >= 0.3 is 0 Å². The van der Waals surface area contributed by atoms with Gasteiger partial charge < -0.3 is 10.6 Å². The second kappa shape index (κ2) is 7.56. The molecule has 2 rings (SSSR count). The van der Waals surface area contributed by atoms with Gasteiger partial charge in [0.05, 0.1) is 0 Å². The lowest BCUT2D eigenvalue weighted by molar-refractivity contribution is 0.0953. The van der Waals surface area contributed by atoms with Crippen molar-refractivity contribution in [1.29, 1.82) is 0 Å². The maximum Gasteiger partial charge on any atom is 0.251 e. The number of aryl methyl sites for hydroxylation is 1. The summed E-state index contributed by atoms with van der Waals surface area (Å²) in [6, 6.07) is 8.31. The molecule has 1 aliphatic rings. The molecule has 4 heteroatoms. The van der Waals surface area contributed by atoms with E-state index < -0.39 is 0 Å². The zero-order valence-electron chi connectivity index (χ0n) is 11.4. The third-order valence-corrected chi connectivity index (χ3v) is 4.43. The number of hydrogen-bond donors (Lipinski definition) is 2. The van der Waals surface area contributed by atoms with Crippen molar-refractivity contribution in [3.63, 3.8) is 0 Å². The fourth-order valence-electron chi connectivity index (χ4n) is 2.16. The van der Waals surface area contributed by atoms with Crippen LogP contribution in [0.4, 0.5) is 0 Å². The summed E-state index contributed by atoms with van der Waals surface area (Å²) >= 11 is 2.03. The molecular formula is C15H22N2OS. The van der Waals surface area contributed by atoms with Gasteiger partial charge in [-0.15, -0.1) is 0 Å². The summed E-state index contributed by atoms with van der Waals surface area (Å²) in [7, 11) is 0. The molecule has 0 bridgehead atoms. The zero-order valence-corrected chi connectivity index (χ0v) is 12.3. The van der Waals surface area contributed by atoms with Gasteiger partial charge in [0.15, 0.2) is 0 Å². The first-order valence-corrected chi connectivity index (χ1v) is 8.07. The fourth-order valence-corrected chi connectivity index (χ4v) is 3.27. The number of hydrogen-bond acceptors (Lipinski definition) is 3. The molecule has 1 heterocycles. The first-order valence-electron chi connectivity index (χ1n) is 6.92. The summed E-state index contributed by atoms with van der Waals surface area (Å²) in [6.07, 6.45) is 2.49. The van der Waals surface area contributed by atoms with Crippen molar-refractivity contribution in [2.24, 2.45) is 0 Å². The number of nitrogens with one attached hydrogen (secondary N) is 2. The van der Waals surface area contributed by atoms with Crippen LogP contribution >= 0.6 is 11.8 Å². The van der Waals surface area contributed by atoms with Gasteiger partial charge in [-0.3, -0.25) is 4.79 Å². The van der Waals surface area contributed by atoms with Gasteiger partial charge in [-0.2, -0.15) is 11.8 Å². The van der Waals surface area contributed by atoms with Crippen LogP contribution in [0.2, 0.25) is 0 Å². The lowest BCUT2D eigenvalue weighted by atomic mass is 10.1. The molecule has 0 spiro atoms. The van der Waals surface area contributed by atoms with E-state index in [9.17, 15) is 4.79 Å². The molecule has 1 aliphatic heterocycles. The largest absolute Gasteiger partial charge is 0.351 e. The Hall–Kier alpha value is -1.00. The Bertz CT molecular complexity index is 399. The van der Waals surface area contributed by atoms with E-state index in [-0.39, 0.29) is 5.91 Å². The van der Waals surface area contributed by atoms with Gasteiger partial charge in [0, 0.05) is 24.7 Å². The van der Waals surface area contributed by atoms with Crippen molar-refractivity contribution in [3.8, 4) is 0 Å². The van der Waals surface area contributed by atoms with Crippen molar-refractivity contribution in [3.05, 3.63) is 35.4 Å². The highest BCUT2D eigenvalue weighted by atomic mass is 32.2. The molecule has 0 unspecified atom stereocenters. The van der Waals surface area contributed by atoms with E-state index in [1.807, 2.05) is 43.0 Å². The maximum atomic E-state index is 11.9. The van der Waals surface area contributed by atoms with Crippen LogP contribution in [0.25, 0.3) is 0 Å². The standard InChI is InChI=1S/C15H22N2OS/c1-12-2-4-13(5-3-12)15(18)17-9-8-16-14-6-10-19-11-7-14/h2-5,14,16H,6-11H2,1H3,(H,17,18).